The number of allylic oxidation sites excluding steroid dienone is 2. The second kappa shape index (κ2) is 16.7. The quantitative estimate of drug-likeness (QED) is 0.0928. The first-order chi connectivity index (χ1) is 20.1. The van der Waals surface area contributed by atoms with Crippen molar-refractivity contribution in [2.45, 2.75) is 123 Å². The first-order valence-corrected chi connectivity index (χ1v) is 16.2. The molecule has 0 heterocycles. The Balaban J connectivity index is 2.22. The molecule has 2 aliphatic rings. The fourth-order valence-corrected chi connectivity index (χ4v) is 6.57. The average molecular weight is 601 g/mol. The van der Waals surface area contributed by atoms with Crippen LogP contribution in [0, 0.1) is 69.0 Å². The highest BCUT2D eigenvalue weighted by Crippen LogP contribution is 2.36. The minimum absolute atomic E-state index is 0.00654. The molecule has 0 aliphatic heterocycles. The molecule has 0 amide bonds. The van der Waals surface area contributed by atoms with Gasteiger partial charge in [0.1, 0.15) is 11.8 Å². The lowest BCUT2D eigenvalue weighted by Gasteiger charge is -2.48. The lowest BCUT2D eigenvalue weighted by atomic mass is 9.72. The summed E-state index contributed by atoms with van der Waals surface area (Å²) in [7, 11) is 0. The lowest BCUT2D eigenvalue weighted by Crippen LogP contribution is -2.65. The second-order valence-corrected chi connectivity index (χ2v) is 14.8. The van der Waals surface area contributed by atoms with Gasteiger partial charge in [-0.05, 0) is 80.4 Å². The Kier molecular flexibility index (Phi) is 14.4. The van der Waals surface area contributed by atoms with Gasteiger partial charge in [0, 0.05) is 36.5 Å². The van der Waals surface area contributed by atoms with Gasteiger partial charge in [0.05, 0.1) is 30.1 Å². The number of amidine groups is 1. The number of nitrogens with zero attached hydrogens (tertiary/aromatic N) is 2. The molecule has 2 aliphatic carbocycles. The molecule has 11 unspecified atom stereocenters. The van der Waals surface area contributed by atoms with Gasteiger partial charge in [-0.1, -0.05) is 48.5 Å². The van der Waals surface area contributed by atoms with Gasteiger partial charge < -0.3 is 37.7 Å². The largest absolute Gasteiger partial charge is 0.512 e. The number of ether oxygens (including phenoxy) is 1. The van der Waals surface area contributed by atoms with Gasteiger partial charge in [0.25, 0.3) is 0 Å². The maximum Gasteiger partial charge on any atom is 0.111 e. The third-order valence-corrected chi connectivity index (χ3v) is 9.16. The molecule has 2 fully saturated rings. The Labute approximate surface area is 260 Å². The van der Waals surface area contributed by atoms with Crippen molar-refractivity contribution in [3.8, 4) is 12.1 Å². The molecular weight excluding hydrogens is 540 g/mol. The van der Waals surface area contributed by atoms with E-state index in [-0.39, 0.29) is 53.2 Å². The Morgan fingerprint density at radius 2 is 1.77 bits per heavy atom. The van der Waals surface area contributed by atoms with Crippen LogP contribution in [-0.4, -0.2) is 60.4 Å². The minimum atomic E-state index is -0.553. The minimum Gasteiger partial charge on any atom is -0.512 e. The fourth-order valence-electron chi connectivity index (χ4n) is 6.57. The smallest absolute Gasteiger partial charge is 0.111 e. The van der Waals surface area contributed by atoms with Gasteiger partial charge in [-0.2, -0.15) is 10.5 Å². The van der Waals surface area contributed by atoms with Crippen molar-refractivity contribution < 1.29 is 9.84 Å². The zero-order valence-electron chi connectivity index (χ0n) is 27.6. The second-order valence-electron chi connectivity index (χ2n) is 14.8. The van der Waals surface area contributed by atoms with E-state index >= 15 is 0 Å². The summed E-state index contributed by atoms with van der Waals surface area (Å²) in [5, 5.41) is 45.1. The summed E-state index contributed by atoms with van der Waals surface area (Å²) in [6, 6.07) is 3.33. The maximum atomic E-state index is 10.9. The topological polar surface area (TPSA) is 203 Å². The zero-order valence-corrected chi connectivity index (χ0v) is 27.6. The Morgan fingerprint density at radius 1 is 1.09 bits per heavy atom. The third-order valence-electron chi connectivity index (χ3n) is 9.16. The molecule has 10 nitrogen and oxygen atoms in total. The molecule has 43 heavy (non-hydrogen) atoms. The molecule has 0 spiro atoms. The molecule has 2 rings (SSSR count). The molecule has 11 atom stereocenters. The zero-order chi connectivity index (χ0) is 32.5. The number of hydrogen-bond acceptors (Lipinski definition) is 9. The number of aliphatic hydroxyl groups is 1. The number of aliphatic hydroxyl groups excluding tert-OH is 1. The van der Waals surface area contributed by atoms with Crippen LogP contribution in [0.15, 0.2) is 11.8 Å². The summed E-state index contributed by atoms with van der Waals surface area (Å²) in [5.74, 6) is 0.367. The molecular formula is C33H60N8O2. The van der Waals surface area contributed by atoms with E-state index in [1.807, 2.05) is 47.6 Å². The van der Waals surface area contributed by atoms with Gasteiger partial charge in [0.2, 0.25) is 0 Å². The van der Waals surface area contributed by atoms with Gasteiger partial charge >= 0.3 is 0 Å². The van der Waals surface area contributed by atoms with E-state index in [9.17, 15) is 10.4 Å². The third kappa shape index (κ3) is 11.3. The first kappa shape index (κ1) is 37.0. The summed E-state index contributed by atoms with van der Waals surface area (Å²) in [4.78, 5) is 0. The Morgan fingerprint density at radius 3 is 2.35 bits per heavy atom. The predicted molar refractivity (Wildman–Crippen MR) is 173 cm³/mol. The molecule has 0 bridgehead atoms. The van der Waals surface area contributed by atoms with Crippen molar-refractivity contribution in [1.29, 1.82) is 15.9 Å². The van der Waals surface area contributed by atoms with Crippen LogP contribution in [-0.2, 0) is 4.74 Å². The Hall–Kier alpha value is -2.21. The molecule has 244 valence electrons. The van der Waals surface area contributed by atoms with E-state index in [1.165, 1.54) is 0 Å². The molecule has 10 N–H and O–H groups in total. The van der Waals surface area contributed by atoms with Crippen LogP contribution in [0.2, 0.25) is 0 Å². The van der Waals surface area contributed by atoms with Crippen LogP contribution in [0.4, 0.5) is 0 Å². The van der Waals surface area contributed by atoms with Crippen molar-refractivity contribution in [1.82, 2.24) is 10.6 Å². The highest BCUT2D eigenvalue weighted by atomic mass is 16.5. The van der Waals surface area contributed by atoms with E-state index in [0.717, 1.165) is 32.4 Å². The number of rotatable bonds is 13. The van der Waals surface area contributed by atoms with E-state index in [2.05, 4.69) is 29.7 Å². The fraction of sp³-hybridized carbons (Fsp3) is 0.848. The highest BCUT2D eigenvalue weighted by Gasteiger charge is 2.45. The van der Waals surface area contributed by atoms with Crippen molar-refractivity contribution in [2.24, 2.45) is 58.1 Å². The van der Waals surface area contributed by atoms with Crippen molar-refractivity contribution in [3.05, 3.63) is 11.8 Å². The molecule has 0 aromatic heterocycles. The van der Waals surface area contributed by atoms with Crippen LogP contribution in [0.5, 0.6) is 0 Å². The summed E-state index contributed by atoms with van der Waals surface area (Å²) >= 11 is 0. The van der Waals surface area contributed by atoms with Gasteiger partial charge in [-0.15, -0.1) is 0 Å². The predicted octanol–water partition coefficient (Wildman–Crippen LogP) is 3.93. The van der Waals surface area contributed by atoms with Crippen LogP contribution in [0.1, 0.15) is 87.0 Å². The number of nitriles is 2. The van der Waals surface area contributed by atoms with Crippen molar-refractivity contribution >= 4 is 5.84 Å². The molecule has 0 aromatic rings. The summed E-state index contributed by atoms with van der Waals surface area (Å²) in [6.45, 7) is 15.8. The lowest BCUT2D eigenvalue weighted by molar-refractivity contribution is -0.0938. The van der Waals surface area contributed by atoms with Gasteiger partial charge in [-0.3, -0.25) is 5.41 Å². The van der Waals surface area contributed by atoms with Gasteiger partial charge in [-0.25, -0.2) is 0 Å². The molecule has 0 radical (unpaired) electrons. The summed E-state index contributed by atoms with van der Waals surface area (Å²) < 4.78 is 6.72. The summed E-state index contributed by atoms with van der Waals surface area (Å²) in [5.41, 5.74) is 20.2. The maximum absolute atomic E-state index is 10.9. The van der Waals surface area contributed by atoms with Gasteiger partial charge in [0.15, 0.2) is 0 Å². The van der Waals surface area contributed by atoms with E-state index < -0.39 is 18.1 Å². The SMILES string of the molecule is CC(CC#N)CNCC1CCC(N)C(OC2C(N)CC(NC(=N)C(C#N)C(C)C)C(CC(C)/C(O)=C\C(C)(C)C)C2N)C1. The van der Waals surface area contributed by atoms with Crippen LogP contribution in [0.3, 0.4) is 0 Å². The number of nitrogens with two attached hydrogens (primary N) is 3. The van der Waals surface area contributed by atoms with E-state index in [0.29, 0.717) is 36.9 Å². The molecule has 10 heteroatoms. The Bertz CT molecular complexity index is 996. The van der Waals surface area contributed by atoms with Crippen LogP contribution in [0.25, 0.3) is 0 Å². The first-order valence-electron chi connectivity index (χ1n) is 16.2. The number of hydrogen-bond donors (Lipinski definition) is 7. The van der Waals surface area contributed by atoms with Crippen molar-refractivity contribution in [3.63, 3.8) is 0 Å². The molecule has 2 saturated carbocycles. The normalized spacial score (nSPS) is 32.3. The van der Waals surface area contributed by atoms with Crippen LogP contribution < -0.4 is 27.8 Å². The monoisotopic (exact) mass is 600 g/mol. The number of nitrogens with one attached hydrogen (secondary N) is 3. The summed E-state index contributed by atoms with van der Waals surface area (Å²) in [6.07, 6.45) is 5.65. The van der Waals surface area contributed by atoms with Crippen LogP contribution >= 0.6 is 0 Å². The van der Waals surface area contributed by atoms with E-state index in [4.69, 9.17) is 32.6 Å². The van der Waals surface area contributed by atoms with E-state index in [1.54, 1.807) is 0 Å². The standard InChI is InChI=1S/C33H60N8O2/c1-19(2)24(16-35)32(39)41-27-14-26(37)31(30(38)23(27)12-21(4)28(42)15-33(5,6)7)43-29-13-22(8-9-25(29)36)18-40-17-20(3)10-11-34/h15,19-27,29-31,40,42H,8-10,12-14,17-18,36-38H2,1-7H3,(H2,39,41)/b28-15+. The highest BCUT2D eigenvalue weighted by molar-refractivity contribution is 5.84. The average Bonchev–Trinajstić information content (AvgIpc) is 2.89. The van der Waals surface area contributed by atoms with Crippen molar-refractivity contribution in [2.75, 3.05) is 13.1 Å². The molecule has 0 aromatic carbocycles. The molecule has 0 saturated heterocycles.